The fourth-order valence-electron chi connectivity index (χ4n) is 3.65. The average molecular weight is 266 g/mol. The van der Waals surface area contributed by atoms with Gasteiger partial charge in [0.2, 0.25) is 0 Å². The summed E-state index contributed by atoms with van der Waals surface area (Å²) in [5.74, 6) is 0. The summed E-state index contributed by atoms with van der Waals surface area (Å²) in [5, 5.41) is 10.9. The fraction of sp³-hybridized carbons (Fsp3) is 0.0476. The SMILES string of the molecule is Cc1ccc2cc3ccc4cccc5ccc(c2c1)c3c45. The van der Waals surface area contributed by atoms with Gasteiger partial charge in [-0.15, -0.1) is 0 Å². The van der Waals surface area contributed by atoms with Crippen LogP contribution in [0, 0.1) is 6.92 Å². The molecule has 5 aromatic rings. The van der Waals surface area contributed by atoms with Crippen molar-refractivity contribution in [3.05, 3.63) is 72.3 Å². The molecule has 0 heterocycles. The van der Waals surface area contributed by atoms with Gasteiger partial charge in [0.15, 0.2) is 0 Å². The van der Waals surface area contributed by atoms with Crippen LogP contribution in [0.25, 0.3) is 43.1 Å². The lowest BCUT2D eigenvalue weighted by atomic mass is 9.90. The molecular formula is C21H14. The van der Waals surface area contributed by atoms with E-state index in [0.29, 0.717) is 0 Å². The van der Waals surface area contributed by atoms with Crippen molar-refractivity contribution in [2.24, 2.45) is 0 Å². The summed E-state index contributed by atoms with van der Waals surface area (Å²) >= 11 is 0. The Kier molecular flexibility index (Phi) is 1.97. The first-order valence-corrected chi connectivity index (χ1v) is 7.38. The largest absolute Gasteiger partial charge is 0.0610 e. The molecule has 0 saturated carbocycles. The lowest BCUT2D eigenvalue weighted by Crippen LogP contribution is -1.86. The first-order valence-electron chi connectivity index (χ1n) is 7.38. The van der Waals surface area contributed by atoms with Gasteiger partial charge in [0.05, 0.1) is 0 Å². The quantitative estimate of drug-likeness (QED) is 0.236. The maximum absolute atomic E-state index is 2.32. The molecule has 0 spiro atoms. The summed E-state index contributed by atoms with van der Waals surface area (Å²) in [5.41, 5.74) is 1.32. The van der Waals surface area contributed by atoms with Crippen molar-refractivity contribution in [1.29, 1.82) is 0 Å². The summed E-state index contributed by atoms with van der Waals surface area (Å²) in [7, 11) is 0. The second kappa shape index (κ2) is 3.73. The van der Waals surface area contributed by atoms with Gasteiger partial charge in [0, 0.05) is 0 Å². The molecule has 0 nitrogen and oxygen atoms in total. The normalized spacial score (nSPS) is 12.0. The molecule has 21 heavy (non-hydrogen) atoms. The van der Waals surface area contributed by atoms with Crippen LogP contribution in [0.15, 0.2) is 66.7 Å². The molecule has 0 fully saturated rings. The van der Waals surface area contributed by atoms with Gasteiger partial charge in [-0.2, -0.15) is 0 Å². The van der Waals surface area contributed by atoms with E-state index in [1.165, 1.54) is 48.7 Å². The number of hydrogen-bond acceptors (Lipinski definition) is 0. The number of rotatable bonds is 0. The van der Waals surface area contributed by atoms with Crippen LogP contribution < -0.4 is 0 Å². The molecular weight excluding hydrogens is 252 g/mol. The third-order valence-electron chi connectivity index (χ3n) is 4.62. The molecule has 98 valence electrons. The van der Waals surface area contributed by atoms with Gasteiger partial charge in [0.1, 0.15) is 0 Å². The molecule has 0 N–H and O–H groups in total. The van der Waals surface area contributed by atoms with E-state index in [4.69, 9.17) is 0 Å². The van der Waals surface area contributed by atoms with Gasteiger partial charge in [0.25, 0.3) is 0 Å². The Morgan fingerprint density at radius 1 is 0.524 bits per heavy atom. The zero-order valence-electron chi connectivity index (χ0n) is 11.9. The zero-order valence-corrected chi connectivity index (χ0v) is 11.9. The van der Waals surface area contributed by atoms with Crippen molar-refractivity contribution in [3.8, 4) is 0 Å². The Balaban J connectivity index is 2.19. The van der Waals surface area contributed by atoms with E-state index in [9.17, 15) is 0 Å². The molecule has 5 rings (SSSR count). The Hall–Kier alpha value is -2.60. The Morgan fingerprint density at radius 3 is 2.10 bits per heavy atom. The van der Waals surface area contributed by atoms with Gasteiger partial charge in [-0.3, -0.25) is 0 Å². The van der Waals surface area contributed by atoms with Gasteiger partial charge in [-0.25, -0.2) is 0 Å². The second-order valence-corrected chi connectivity index (χ2v) is 5.96. The lowest BCUT2D eigenvalue weighted by Gasteiger charge is -2.13. The van der Waals surface area contributed by atoms with Crippen LogP contribution in [0.2, 0.25) is 0 Å². The minimum absolute atomic E-state index is 1.32. The highest BCUT2D eigenvalue weighted by Crippen LogP contribution is 2.38. The molecule has 5 aromatic carbocycles. The number of aryl methyl sites for hydroxylation is 1. The summed E-state index contributed by atoms with van der Waals surface area (Å²) < 4.78 is 0. The van der Waals surface area contributed by atoms with Gasteiger partial charge >= 0.3 is 0 Å². The van der Waals surface area contributed by atoms with Gasteiger partial charge < -0.3 is 0 Å². The Labute approximate surface area is 123 Å². The molecule has 0 atom stereocenters. The summed E-state index contributed by atoms with van der Waals surface area (Å²) in [6.45, 7) is 2.16. The van der Waals surface area contributed by atoms with E-state index in [1.54, 1.807) is 0 Å². The number of hydrogen-bond donors (Lipinski definition) is 0. The lowest BCUT2D eigenvalue weighted by molar-refractivity contribution is 1.51. The predicted molar refractivity (Wildman–Crippen MR) is 92.4 cm³/mol. The van der Waals surface area contributed by atoms with Crippen molar-refractivity contribution in [2.75, 3.05) is 0 Å². The molecule has 0 aliphatic carbocycles. The van der Waals surface area contributed by atoms with Crippen LogP contribution in [-0.4, -0.2) is 0 Å². The first kappa shape index (κ1) is 11.1. The maximum Gasteiger partial charge on any atom is -0.00203 e. The number of benzene rings is 5. The van der Waals surface area contributed by atoms with Crippen LogP contribution in [0.4, 0.5) is 0 Å². The molecule has 0 saturated heterocycles. The molecule has 0 amide bonds. The van der Waals surface area contributed by atoms with Crippen LogP contribution in [0.5, 0.6) is 0 Å². The molecule has 0 bridgehead atoms. The van der Waals surface area contributed by atoms with E-state index in [2.05, 4.69) is 73.7 Å². The minimum Gasteiger partial charge on any atom is -0.0610 e. The van der Waals surface area contributed by atoms with E-state index < -0.39 is 0 Å². The second-order valence-electron chi connectivity index (χ2n) is 5.96. The molecule has 0 aliphatic rings. The van der Waals surface area contributed by atoms with Gasteiger partial charge in [-0.1, -0.05) is 66.2 Å². The van der Waals surface area contributed by atoms with Crippen LogP contribution in [0.3, 0.4) is 0 Å². The highest BCUT2D eigenvalue weighted by atomic mass is 14.1. The fourth-order valence-corrected chi connectivity index (χ4v) is 3.65. The van der Waals surface area contributed by atoms with Crippen molar-refractivity contribution >= 4 is 43.1 Å². The Bertz CT molecular complexity index is 1120. The molecule has 0 unspecified atom stereocenters. The summed E-state index contributed by atoms with van der Waals surface area (Å²) in [6, 6.07) is 24.7. The predicted octanol–water partition coefficient (Wildman–Crippen LogP) is 6.05. The van der Waals surface area contributed by atoms with E-state index >= 15 is 0 Å². The zero-order chi connectivity index (χ0) is 14.0. The molecule has 0 heteroatoms. The standard InChI is InChI=1S/C21H14/c1-13-5-6-16-12-17-8-7-14-3-2-4-15-9-10-18(19(16)11-13)21(17)20(14)15/h2-12H,1H3. The van der Waals surface area contributed by atoms with E-state index in [-0.39, 0.29) is 0 Å². The summed E-state index contributed by atoms with van der Waals surface area (Å²) in [6.07, 6.45) is 0. The molecule has 0 aliphatic heterocycles. The molecule has 0 aromatic heterocycles. The minimum atomic E-state index is 1.32. The van der Waals surface area contributed by atoms with E-state index in [0.717, 1.165) is 0 Å². The van der Waals surface area contributed by atoms with Crippen molar-refractivity contribution in [3.63, 3.8) is 0 Å². The third kappa shape index (κ3) is 1.39. The number of fused-ring (bicyclic) bond motifs is 2. The van der Waals surface area contributed by atoms with Crippen molar-refractivity contribution in [2.45, 2.75) is 6.92 Å². The third-order valence-corrected chi connectivity index (χ3v) is 4.62. The van der Waals surface area contributed by atoms with Crippen LogP contribution in [0.1, 0.15) is 5.56 Å². The smallest absolute Gasteiger partial charge is 0.00203 e. The monoisotopic (exact) mass is 266 g/mol. The van der Waals surface area contributed by atoms with Crippen LogP contribution in [-0.2, 0) is 0 Å². The first-order chi connectivity index (χ1) is 10.3. The Morgan fingerprint density at radius 2 is 1.24 bits per heavy atom. The van der Waals surface area contributed by atoms with Crippen LogP contribution >= 0.6 is 0 Å². The van der Waals surface area contributed by atoms with Crippen molar-refractivity contribution < 1.29 is 0 Å². The molecule has 0 radical (unpaired) electrons. The average Bonchev–Trinajstić information content (AvgIpc) is 2.52. The highest BCUT2D eigenvalue weighted by molar-refractivity contribution is 6.28. The topological polar surface area (TPSA) is 0 Å². The van der Waals surface area contributed by atoms with Crippen molar-refractivity contribution in [1.82, 2.24) is 0 Å². The highest BCUT2D eigenvalue weighted by Gasteiger charge is 2.10. The maximum atomic E-state index is 2.32. The van der Waals surface area contributed by atoms with E-state index in [1.807, 2.05) is 0 Å². The van der Waals surface area contributed by atoms with Gasteiger partial charge in [-0.05, 0) is 56.1 Å². The summed E-state index contributed by atoms with van der Waals surface area (Å²) in [4.78, 5) is 0.